The average molecular weight is 460 g/mol. The molecule has 0 bridgehead atoms. The number of fused-ring (bicyclic) bond motifs is 1. The maximum atomic E-state index is 12.5. The van der Waals surface area contributed by atoms with Crippen molar-refractivity contribution >= 4 is 40.3 Å². The van der Waals surface area contributed by atoms with E-state index in [0.717, 1.165) is 41.3 Å². The maximum absolute atomic E-state index is 12.5. The number of aromatic nitrogens is 3. The fourth-order valence-corrected chi connectivity index (χ4v) is 4.58. The second-order valence-electron chi connectivity index (χ2n) is 8.04. The van der Waals surface area contributed by atoms with Gasteiger partial charge in [0.25, 0.3) is 5.22 Å². The minimum Gasteiger partial charge on any atom is -0.431 e. The standard InChI is InChI=1S/C25H25N5O2S/c31-24(17-33-25-27-21-10-3-4-11-22(21)32-25)26-19-9-7-8-18(16-19)20-12-13-23(29-28-20)30-14-5-1-2-6-15-30/h3-4,7-13,16H,1-2,5-6,14-15,17H2,(H,26,31). The van der Waals surface area contributed by atoms with Crippen molar-refractivity contribution in [3.05, 3.63) is 60.7 Å². The van der Waals surface area contributed by atoms with Crippen LogP contribution in [-0.4, -0.2) is 39.9 Å². The van der Waals surface area contributed by atoms with Crippen LogP contribution >= 0.6 is 11.8 Å². The van der Waals surface area contributed by atoms with Crippen LogP contribution in [0.2, 0.25) is 0 Å². The molecule has 0 unspecified atom stereocenters. The first kappa shape index (κ1) is 21.5. The molecule has 33 heavy (non-hydrogen) atoms. The van der Waals surface area contributed by atoms with Crippen molar-refractivity contribution in [2.75, 3.05) is 29.1 Å². The largest absolute Gasteiger partial charge is 0.431 e. The Morgan fingerprint density at radius 3 is 2.61 bits per heavy atom. The van der Waals surface area contributed by atoms with E-state index in [1.165, 1.54) is 37.4 Å². The molecule has 0 saturated carbocycles. The molecule has 7 nitrogen and oxygen atoms in total. The topological polar surface area (TPSA) is 84.2 Å². The SMILES string of the molecule is O=C(CSc1nc2ccccc2o1)Nc1cccc(-c2ccc(N3CCCCCC3)nn2)c1. The van der Waals surface area contributed by atoms with Crippen LogP contribution in [0, 0.1) is 0 Å². The number of nitrogens with zero attached hydrogens (tertiary/aromatic N) is 4. The summed E-state index contributed by atoms with van der Waals surface area (Å²) < 4.78 is 5.66. The first-order chi connectivity index (χ1) is 16.2. The van der Waals surface area contributed by atoms with E-state index in [1.54, 1.807) is 0 Å². The van der Waals surface area contributed by atoms with Crippen molar-refractivity contribution in [1.29, 1.82) is 0 Å². The lowest BCUT2D eigenvalue weighted by molar-refractivity contribution is -0.113. The van der Waals surface area contributed by atoms with Gasteiger partial charge in [0.1, 0.15) is 5.52 Å². The van der Waals surface area contributed by atoms with Gasteiger partial charge in [0, 0.05) is 24.3 Å². The Bertz CT molecular complexity index is 1200. The highest BCUT2D eigenvalue weighted by Gasteiger charge is 2.13. The molecule has 1 fully saturated rings. The fraction of sp³-hybridized carbons (Fsp3) is 0.280. The van der Waals surface area contributed by atoms with Gasteiger partial charge in [-0.25, -0.2) is 4.98 Å². The molecular formula is C25H25N5O2S. The normalized spacial score (nSPS) is 14.2. The lowest BCUT2D eigenvalue weighted by Gasteiger charge is -2.20. The first-order valence-corrected chi connectivity index (χ1v) is 12.2. The van der Waals surface area contributed by atoms with Gasteiger partial charge < -0.3 is 14.6 Å². The smallest absolute Gasteiger partial charge is 0.257 e. The number of benzene rings is 2. The van der Waals surface area contributed by atoms with Crippen LogP contribution in [0.5, 0.6) is 0 Å². The highest BCUT2D eigenvalue weighted by atomic mass is 32.2. The first-order valence-electron chi connectivity index (χ1n) is 11.2. The van der Waals surface area contributed by atoms with Crippen molar-refractivity contribution in [2.24, 2.45) is 0 Å². The third-order valence-corrected chi connectivity index (χ3v) is 6.45. The van der Waals surface area contributed by atoms with E-state index in [4.69, 9.17) is 4.42 Å². The quantitative estimate of drug-likeness (QED) is 0.387. The van der Waals surface area contributed by atoms with E-state index >= 15 is 0 Å². The van der Waals surface area contributed by atoms with E-state index in [-0.39, 0.29) is 11.7 Å². The number of anilines is 2. The average Bonchev–Trinajstić information content (AvgIpc) is 3.07. The minimum absolute atomic E-state index is 0.123. The number of amides is 1. The molecule has 0 radical (unpaired) electrons. The molecule has 168 valence electrons. The number of carbonyl (C=O) groups excluding carboxylic acids is 1. The summed E-state index contributed by atoms with van der Waals surface area (Å²) in [6.07, 6.45) is 4.98. The molecule has 1 amide bonds. The van der Waals surface area contributed by atoms with Gasteiger partial charge in [-0.15, -0.1) is 10.2 Å². The number of rotatable bonds is 6. The summed E-state index contributed by atoms with van der Waals surface area (Å²) in [4.78, 5) is 19.2. The Morgan fingerprint density at radius 2 is 1.82 bits per heavy atom. The Hall–Kier alpha value is -3.39. The van der Waals surface area contributed by atoms with Gasteiger partial charge in [0.15, 0.2) is 11.4 Å². The number of oxazole rings is 1. The van der Waals surface area contributed by atoms with Gasteiger partial charge in [0.05, 0.1) is 11.4 Å². The van der Waals surface area contributed by atoms with E-state index in [1.807, 2.05) is 60.7 Å². The molecule has 0 spiro atoms. The highest BCUT2D eigenvalue weighted by molar-refractivity contribution is 7.99. The zero-order chi connectivity index (χ0) is 22.5. The van der Waals surface area contributed by atoms with Crippen LogP contribution in [0.25, 0.3) is 22.4 Å². The predicted molar refractivity (Wildman–Crippen MR) is 132 cm³/mol. The van der Waals surface area contributed by atoms with Crippen LogP contribution in [0.15, 0.2) is 70.3 Å². The number of hydrogen-bond donors (Lipinski definition) is 1. The maximum Gasteiger partial charge on any atom is 0.257 e. The van der Waals surface area contributed by atoms with Crippen molar-refractivity contribution in [3.63, 3.8) is 0 Å². The van der Waals surface area contributed by atoms with Crippen LogP contribution in [0.4, 0.5) is 11.5 Å². The summed E-state index contributed by atoms with van der Waals surface area (Å²) in [6.45, 7) is 2.08. The lowest BCUT2D eigenvalue weighted by Crippen LogP contribution is -2.25. The van der Waals surface area contributed by atoms with Gasteiger partial charge in [-0.05, 0) is 49.2 Å². The lowest BCUT2D eigenvalue weighted by atomic mass is 10.1. The summed E-state index contributed by atoms with van der Waals surface area (Å²) in [5.74, 6) is 1.02. The van der Waals surface area contributed by atoms with Crippen molar-refractivity contribution < 1.29 is 9.21 Å². The zero-order valence-electron chi connectivity index (χ0n) is 18.2. The number of carbonyl (C=O) groups is 1. The van der Waals surface area contributed by atoms with Gasteiger partial charge in [-0.1, -0.05) is 48.9 Å². The van der Waals surface area contributed by atoms with E-state index in [9.17, 15) is 4.79 Å². The third kappa shape index (κ3) is 5.34. The monoisotopic (exact) mass is 459 g/mol. The van der Waals surface area contributed by atoms with E-state index in [0.29, 0.717) is 10.9 Å². The summed E-state index contributed by atoms with van der Waals surface area (Å²) in [7, 11) is 0. The molecule has 1 aliphatic heterocycles. The molecule has 1 aliphatic rings. The Labute approximate surface area is 196 Å². The van der Waals surface area contributed by atoms with E-state index < -0.39 is 0 Å². The number of para-hydroxylation sites is 2. The van der Waals surface area contributed by atoms with Gasteiger partial charge >= 0.3 is 0 Å². The molecule has 1 N–H and O–H groups in total. The highest BCUT2D eigenvalue weighted by Crippen LogP contribution is 2.25. The molecule has 2 aromatic carbocycles. The Kier molecular flexibility index (Phi) is 6.53. The zero-order valence-corrected chi connectivity index (χ0v) is 19.1. The molecule has 1 saturated heterocycles. The number of thioether (sulfide) groups is 1. The molecule has 4 aromatic rings. The van der Waals surface area contributed by atoms with Gasteiger partial charge in [-0.3, -0.25) is 4.79 Å². The number of hydrogen-bond acceptors (Lipinski definition) is 7. The van der Waals surface area contributed by atoms with Crippen LogP contribution in [0.1, 0.15) is 25.7 Å². The minimum atomic E-state index is -0.123. The van der Waals surface area contributed by atoms with Gasteiger partial charge in [0.2, 0.25) is 5.91 Å². The summed E-state index contributed by atoms with van der Waals surface area (Å²) >= 11 is 1.27. The predicted octanol–water partition coefficient (Wildman–Crippen LogP) is 5.40. The van der Waals surface area contributed by atoms with Crippen molar-refractivity contribution in [1.82, 2.24) is 15.2 Å². The summed E-state index contributed by atoms with van der Waals surface area (Å²) in [5.41, 5.74) is 3.92. The molecular weight excluding hydrogens is 434 g/mol. The molecule has 2 aromatic heterocycles. The van der Waals surface area contributed by atoms with Crippen LogP contribution < -0.4 is 10.2 Å². The van der Waals surface area contributed by atoms with E-state index in [2.05, 4.69) is 25.4 Å². The number of nitrogens with one attached hydrogen (secondary N) is 1. The van der Waals surface area contributed by atoms with Gasteiger partial charge in [-0.2, -0.15) is 0 Å². The second kappa shape index (κ2) is 10.0. The van der Waals surface area contributed by atoms with Crippen molar-refractivity contribution in [3.8, 4) is 11.3 Å². The molecule has 0 atom stereocenters. The Morgan fingerprint density at radius 1 is 0.970 bits per heavy atom. The molecule has 0 aliphatic carbocycles. The fourth-order valence-electron chi connectivity index (χ4n) is 3.94. The van der Waals surface area contributed by atoms with Crippen LogP contribution in [0.3, 0.4) is 0 Å². The summed E-state index contributed by atoms with van der Waals surface area (Å²) in [5, 5.41) is 12.3. The molecule has 8 heteroatoms. The van der Waals surface area contributed by atoms with Crippen molar-refractivity contribution in [2.45, 2.75) is 30.9 Å². The van der Waals surface area contributed by atoms with Crippen LogP contribution in [-0.2, 0) is 4.79 Å². The third-order valence-electron chi connectivity index (χ3n) is 5.62. The summed E-state index contributed by atoms with van der Waals surface area (Å²) in [6, 6.07) is 19.2. The molecule has 5 rings (SSSR count). The Balaban J connectivity index is 1.21. The second-order valence-corrected chi connectivity index (χ2v) is 8.97. The molecule has 3 heterocycles.